The Bertz CT molecular complexity index is 388. The lowest BCUT2D eigenvalue weighted by Gasteiger charge is -2.24. The smallest absolute Gasteiger partial charge is 0.325 e. The topological polar surface area (TPSA) is 89.7 Å². The Balaban J connectivity index is 2.68. The van der Waals surface area contributed by atoms with Gasteiger partial charge in [-0.15, -0.1) is 0 Å². The number of carbonyl (C=O) groups is 3. The van der Waals surface area contributed by atoms with E-state index in [4.69, 9.17) is 5.73 Å². The molecule has 1 unspecified atom stereocenters. The van der Waals surface area contributed by atoms with Crippen LogP contribution in [0.3, 0.4) is 0 Å². The van der Waals surface area contributed by atoms with Crippen molar-refractivity contribution in [3.8, 4) is 0 Å². The van der Waals surface area contributed by atoms with Crippen molar-refractivity contribution in [3.63, 3.8) is 0 Å². The van der Waals surface area contributed by atoms with E-state index >= 15 is 0 Å². The molecular weight excluding hydrogens is 236 g/mol. The lowest BCUT2D eigenvalue weighted by molar-refractivity contribution is -0.148. The van der Waals surface area contributed by atoms with Crippen LogP contribution >= 0.6 is 0 Å². The first-order valence-electron chi connectivity index (χ1n) is 5.84. The van der Waals surface area contributed by atoms with Crippen LogP contribution in [0.25, 0.3) is 0 Å². The maximum Gasteiger partial charge on any atom is 0.325 e. The molecule has 0 saturated carbocycles. The first-order chi connectivity index (χ1) is 8.12. The minimum Gasteiger partial charge on any atom is -0.468 e. The van der Waals surface area contributed by atoms with Gasteiger partial charge in [0.1, 0.15) is 5.54 Å². The summed E-state index contributed by atoms with van der Waals surface area (Å²) in [4.78, 5) is 36.2. The average molecular weight is 256 g/mol. The molecular formula is C12H20N2O4. The molecule has 6 nitrogen and oxygen atoms in total. The molecule has 1 aliphatic rings. The zero-order valence-corrected chi connectivity index (χ0v) is 11.3. The average Bonchev–Trinajstić information content (AvgIpc) is 2.45. The summed E-state index contributed by atoms with van der Waals surface area (Å²) in [6.07, 6.45) is 0.387. The van der Waals surface area contributed by atoms with Crippen molar-refractivity contribution in [2.45, 2.75) is 39.2 Å². The molecule has 2 N–H and O–H groups in total. The molecule has 102 valence electrons. The van der Waals surface area contributed by atoms with Crippen LogP contribution in [0.1, 0.15) is 33.6 Å². The summed E-state index contributed by atoms with van der Waals surface area (Å²) in [6, 6.07) is 0. The van der Waals surface area contributed by atoms with Crippen LogP contribution in [0.15, 0.2) is 0 Å². The van der Waals surface area contributed by atoms with Crippen molar-refractivity contribution in [1.29, 1.82) is 0 Å². The van der Waals surface area contributed by atoms with Crippen LogP contribution in [0, 0.1) is 5.41 Å². The summed E-state index contributed by atoms with van der Waals surface area (Å²) in [5, 5.41) is 0. The summed E-state index contributed by atoms with van der Waals surface area (Å²) < 4.78 is 4.57. The highest BCUT2D eigenvalue weighted by Crippen LogP contribution is 2.31. The van der Waals surface area contributed by atoms with Crippen LogP contribution in [0.5, 0.6) is 0 Å². The Kier molecular flexibility index (Phi) is 3.81. The third kappa shape index (κ3) is 2.69. The van der Waals surface area contributed by atoms with Crippen LogP contribution in [0.4, 0.5) is 0 Å². The zero-order chi connectivity index (χ0) is 14.1. The summed E-state index contributed by atoms with van der Waals surface area (Å²) >= 11 is 0. The van der Waals surface area contributed by atoms with E-state index in [1.807, 2.05) is 0 Å². The number of esters is 1. The third-order valence-corrected chi connectivity index (χ3v) is 3.22. The number of methoxy groups -OCH3 is 1. The van der Waals surface area contributed by atoms with E-state index < -0.39 is 16.9 Å². The second-order valence-corrected chi connectivity index (χ2v) is 5.57. The van der Waals surface area contributed by atoms with Crippen molar-refractivity contribution in [1.82, 2.24) is 4.90 Å². The summed E-state index contributed by atoms with van der Waals surface area (Å²) in [7, 11) is 1.25. The van der Waals surface area contributed by atoms with Crippen molar-refractivity contribution in [2.75, 3.05) is 13.7 Å². The van der Waals surface area contributed by atoms with Crippen LogP contribution in [0.2, 0.25) is 0 Å². The predicted molar refractivity (Wildman–Crippen MR) is 64.3 cm³/mol. The number of imide groups is 1. The SMILES string of the molecule is COC(=O)C(C)(N)CCN1C(=O)CC(C)(C)C1=O. The largest absolute Gasteiger partial charge is 0.468 e. The molecule has 0 aliphatic carbocycles. The number of ether oxygens (including phenoxy) is 1. The molecule has 6 heteroatoms. The van der Waals surface area contributed by atoms with Gasteiger partial charge >= 0.3 is 5.97 Å². The van der Waals surface area contributed by atoms with E-state index in [-0.39, 0.29) is 31.2 Å². The minimum atomic E-state index is -1.19. The number of rotatable bonds is 4. The van der Waals surface area contributed by atoms with Gasteiger partial charge in [-0.25, -0.2) is 0 Å². The Morgan fingerprint density at radius 1 is 1.50 bits per heavy atom. The quantitative estimate of drug-likeness (QED) is 0.567. The van der Waals surface area contributed by atoms with Gasteiger partial charge < -0.3 is 10.5 Å². The molecule has 1 saturated heterocycles. The van der Waals surface area contributed by atoms with E-state index in [2.05, 4.69) is 4.74 Å². The van der Waals surface area contributed by atoms with E-state index in [9.17, 15) is 14.4 Å². The van der Waals surface area contributed by atoms with Crippen LogP contribution < -0.4 is 5.73 Å². The molecule has 2 amide bonds. The van der Waals surface area contributed by atoms with Gasteiger partial charge in [-0.1, -0.05) is 13.8 Å². The fourth-order valence-corrected chi connectivity index (χ4v) is 1.93. The van der Waals surface area contributed by atoms with Crippen molar-refractivity contribution >= 4 is 17.8 Å². The number of hydrogen-bond donors (Lipinski definition) is 1. The van der Waals surface area contributed by atoms with Crippen molar-refractivity contribution < 1.29 is 19.1 Å². The lowest BCUT2D eigenvalue weighted by atomic mass is 9.92. The highest BCUT2D eigenvalue weighted by atomic mass is 16.5. The molecule has 1 atom stereocenters. The van der Waals surface area contributed by atoms with Gasteiger partial charge in [-0.3, -0.25) is 19.3 Å². The third-order valence-electron chi connectivity index (χ3n) is 3.22. The van der Waals surface area contributed by atoms with Gasteiger partial charge in [0.25, 0.3) is 0 Å². The van der Waals surface area contributed by atoms with E-state index in [0.29, 0.717) is 0 Å². The van der Waals surface area contributed by atoms with Gasteiger partial charge in [0.15, 0.2) is 0 Å². The number of nitrogens with zero attached hydrogens (tertiary/aromatic N) is 1. The van der Waals surface area contributed by atoms with E-state index in [1.54, 1.807) is 13.8 Å². The highest BCUT2D eigenvalue weighted by molar-refractivity contribution is 6.05. The second-order valence-electron chi connectivity index (χ2n) is 5.57. The molecule has 0 spiro atoms. The standard InChI is InChI=1S/C12H20N2O4/c1-11(2)7-8(15)14(9(11)16)6-5-12(3,13)10(17)18-4/h5-7,13H2,1-4H3. The Morgan fingerprint density at radius 2 is 2.06 bits per heavy atom. The number of hydrogen-bond acceptors (Lipinski definition) is 5. The molecule has 0 aromatic carbocycles. The first-order valence-corrected chi connectivity index (χ1v) is 5.84. The number of amides is 2. The Hall–Kier alpha value is -1.43. The first kappa shape index (κ1) is 14.6. The number of likely N-dealkylation sites (tertiary alicyclic amines) is 1. The van der Waals surface area contributed by atoms with Gasteiger partial charge in [0.2, 0.25) is 11.8 Å². The normalized spacial score (nSPS) is 21.9. The van der Waals surface area contributed by atoms with E-state index in [1.165, 1.54) is 18.9 Å². The fourth-order valence-electron chi connectivity index (χ4n) is 1.93. The maximum atomic E-state index is 11.9. The summed E-state index contributed by atoms with van der Waals surface area (Å²) in [5.41, 5.74) is 3.93. The maximum absolute atomic E-state index is 11.9. The highest BCUT2D eigenvalue weighted by Gasteiger charge is 2.45. The van der Waals surface area contributed by atoms with Crippen LogP contribution in [-0.4, -0.2) is 41.9 Å². The van der Waals surface area contributed by atoms with Gasteiger partial charge in [-0.2, -0.15) is 0 Å². The molecule has 0 aromatic rings. The van der Waals surface area contributed by atoms with Gasteiger partial charge in [0.05, 0.1) is 12.5 Å². The monoisotopic (exact) mass is 256 g/mol. The molecule has 0 radical (unpaired) electrons. The summed E-state index contributed by atoms with van der Waals surface area (Å²) in [5.74, 6) is -0.986. The Labute approximate surface area is 106 Å². The Morgan fingerprint density at radius 3 is 2.44 bits per heavy atom. The number of carbonyl (C=O) groups excluding carboxylic acids is 3. The summed E-state index contributed by atoms with van der Waals surface area (Å²) in [6.45, 7) is 5.13. The molecule has 1 aliphatic heterocycles. The molecule has 1 rings (SSSR count). The number of nitrogens with two attached hydrogens (primary N) is 1. The molecule has 0 aromatic heterocycles. The predicted octanol–water partition coefficient (Wildman–Crippen LogP) is 0.0520. The molecule has 0 bridgehead atoms. The fraction of sp³-hybridized carbons (Fsp3) is 0.750. The van der Waals surface area contributed by atoms with E-state index in [0.717, 1.165) is 0 Å². The van der Waals surface area contributed by atoms with Gasteiger partial charge in [0, 0.05) is 13.0 Å². The molecule has 18 heavy (non-hydrogen) atoms. The minimum absolute atomic E-state index is 0.142. The van der Waals surface area contributed by atoms with Crippen molar-refractivity contribution in [3.05, 3.63) is 0 Å². The second kappa shape index (κ2) is 4.68. The van der Waals surface area contributed by atoms with Crippen molar-refractivity contribution in [2.24, 2.45) is 11.1 Å². The van der Waals surface area contributed by atoms with Gasteiger partial charge in [-0.05, 0) is 13.3 Å². The van der Waals surface area contributed by atoms with Crippen LogP contribution in [-0.2, 0) is 19.1 Å². The lowest BCUT2D eigenvalue weighted by Crippen LogP contribution is -2.49. The molecule has 1 heterocycles. The molecule has 1 fully saturated rings. The zero-order valence-electron chi connectivity index (χ0n) is 11.3.